The van der Waals surface area contributed by atoms with E-state index in [9.17, 15) is 0 Å². The van der Waals surface area contributed by atoms with Gasteiger partial charge in [0, 0.05) is 0 Å². The summed E-state index contributed by atoms with van der Waals surface area (Å²) < 4.78 is 2.27. The first-order chi connectivity index (χ1) is 14.2. The Morgan fingerprint density at radius 1 is 0.600 bits per heavy atom. The number of imidazole rings is 1. The van der Waals surface area contributed by atoms with E-state index in [1.165, 1.54) is 21.3 Å². The molecule has 0 saturated carbocycles. The number of hydrogen-bond acceptors (Lipinski definition) is 1. The summed E-state index contributed by atoms with van der Waals surface area (Å²) in [4.78, 5) is 4.47. The normalized spacial score (nSPS) is 12.6. The Morgan fingerprint density at radius 2 is 1.07 bits per heavy atom. The van der Waals surface area contributed by atoms with Gasteiger partial charge in [-0.3, -0.25) is 0 Å². The van der Waals surface area contributed by atoms with Crippen LogP contribution in [0.2, 0.25) is 0 Å². The summed E-state index contributed by atoms with van der Waals surface area (Å²) in [6.07, 6.45) is 3.88. The van der Waals surface area contributed by atoms with Crippen LogP contribution in [0.1, 0.15) is 0 Å². The number of fused-ring (bicyclic) bond motifs is 1. The fourth-order valence-corrected chi connectivity index (χ4v) is 10.2. The van der Waals surface area contributed by atoms with Crippen LogP contribution in [0.4, 0.5) is 0 Å². The average molecular weight is 431 g/mol. The molecule has 0 aliphatic carbocycles. The molecule has 4 heteroatoms. The van der Waals surface area contributed by atoms with E-state index in [4.69, 9.17) is 0 Å². The van der Waals surface area contributed by atoms with E-state index < -0.39 is 6.60 Å². The molecule has 2 nitrogen and oxygen atoms in total. The maximum absolute atomic E-state index is 4.47. The molecule has 0 N–H and O–H groups in total. The average Bonchev–Trinajstić information content (AvgIpc) is 3.29. The molecule has 2 aromatic heterocycles. The Kier molecular flexibility index (Phi) is 5.24. The van der Waals surface area contributed by atoms with Gasteiger partial charge in [0.2, 0.25) is 0 Å². The largest absolute Gasteiger partial charge is 0.147 e. The number of pyridine rings is 1. The van der Waals surface area contributed by atoms with Crippen LogP contribution in [0, 0.1) is 0 Å². The monoisotopic (exact) mass is 430 g/mol. The standard InChI is InChI=1S/C26H23N2P.ClH/c1-29(23-13-5-2-6-14-23,24-15-7-3-8-16-24,25-17-9-4-10-18-25)26-19-11-12-22-20-27-21-28(22)26;/h2-21H,1H3;1H. The van der Waals surface area contributed by atoms with Crippen LogP contribution in [0.5, 0.6) is 0 Å². The van der Waals surface area contributed by atoms with Crippen molar-refractivity contribution in [1.29, 1.82) is 0 Å². The maximum Gasteiger partial charge on any atom is -0.147 e. The van der Waals surface area contributed by atoms with Gasteiger partial charge in [-0.25, -0.2) is 0 Å². The van der Waals surface area contributed by atoms with Crippen LogP contribution in [-0.2, 0) is 0 Å². The summed E-state index contributed by atoms with van der Waals surface area (Å²) in [5.74, 6) is 0. The Morgan fingerprint density at radius 3 is 1.53 bits per heavy atom. The van der Waals surface area contributed by atoms with Gasteiger partial charge in [0.15, 0.2) is 0 Å². The zero-order valence-corrected chi connectivity index (χ0v) is 18.5. The molecule has 0 amide bonds. The molecule has 0 bridgehead atoms. The molecule has 3 aromatic carbocycles. The van der Waals surface area contributed by atoms with E-state index in [0.29, 0.717) is 0 Å². The number of hydrogen-bond donors (Lipinski definition) is 0. The van der Waals surface area contributed by atoms with Gasteiger partial charge < -0.3 is 0 Å². The van der Waals surface area contributed by atoms with Gasteiger partial charge in [-0.2, -0.15) is 0 Å². The molecule has 2 heterocycles. The second kappa shape index (κ2) is 7.72. The van der Waals surface area contributed by atoms with Gasteiger partial charge in [0.25, 0.3) is 0 Å². The quantitative estimate of drug-likeness (QED) is 0.383. The molecule has 0 radical (unpaired) electrons. The van der Waals surface area contributed by atoms with Crippen LogP contribution in [0.15, 0.2) is 122 Å². The van der Waals surface area contributed by atoms with E-state index in [2.05, 4.69) is 125 Å². The van der Waals surface area contributed by atoms with Crippen LogP contribution in [0.3, 0.4) is 0 Å². The second-order valence-corrected chi connectivity index (χ2v) is 12.8. The van der Waals surface area contributed by atoms with Crippen molar-refractivity contribution < 1.29 is 0 Å². The molecule has 150 valence electrons. The summed E-state index contributed by atoms with van der Waals surface area (Å²) in [5.41, 5.74) is 2.40. The minimum absolute atomic E-state index is 0. The van der Waals surface area contributed by atoms with Crippen molar-refractivity contribution in [1.82, 2.24) is 9.38 Å². The summed E-state index contributed by atoms with van der Waals surface area (Å²) >= 11 is 0. The Labute approximate surface area is 183 Å². The fourth-order valence-electron chi connectivity index (χ4n) is 4.63. The molecule has 5 aromatic rings. The van der Waals surface area contributed by atoms with Gasteiger partial charge in [-0.15, -0.1) is 12.4 Å². The van der Waals surface area contributed by atoms with Crippen LogP contribution in [-0.4, -0.2) is 16.0 Å². The summed E-state index contributed by atoms with van der Waals surface area (Å²) in [7, 11) is 0. The van der Waals surface area contributed by atoms with Crippen molar-refractivity contribution in [3.05, 3.63) is 122 Å². The molecule has 0 atom stereocenters. The molecule has 0 unspecified atom stereocenters. The zero-order valence-electron chi connectivity index (χ0n) is 16.8. The maximum atomic E-state index is 4.47. The van der Waals surface area contributed by atoms with E-state index >= 15 is 0 Å². The predicted octanol–water partition coefficient (Wildman–Crippen LogP) is 4.54. The summed E-state index contributed by atoms with van der Waals surface area (Å²) in [6.45, 7) is -0.556. The first kappa shape index (κ1) is 20.3. The number of benzene rings is 3. The molecular formula is C26H24ClN2P. The number of nitrogens with zero attached hydrogens (tertiary/aromatic N) is 2. The van der Waals surface area contributed by atoms with Crippen molar-refractivity contribution in [2.75, 3.05) is 6.66 Å². The van der Waals surface area contributed by atoms with Gasteiger partial charge in [0.1, 0.15) is 0 Å². The van der Waals surface area contributed by atoms with Gasteiger partial charge >= 0.3 is 171 Å². The van der Waals surface area contributed by atoms with E-state index in [-0.39, 0.29) is 12.4 Å². The Hall–Kier alpha value is -2.93. The zero-order chi connectivity index (χ0) is 19.8. The second-order valence-electron chi connectivity index (χ2n) is 7.64. The minimum atomic E-state index is -3.03. The van der Waals surface area contributed by atoms with Gasteiger partial charge in [-0.05, 0) is 0 Å². The van der Waals surface area contributed by atoms with Crippen molar-refractivity contribution in [2.45, 2.75) is 0 Å². The van der Waals surface area contributed by atoms with E-state index in [0.717, 1.165) is 5.52 Å². The first-order valence-corrected chi connectivity index (χ1v) is 12.5. The van der Waals surface area contributed by atoms with Crippen molar-refractivity contribution >= 4 is 45.9 Å². The van der Waals surface area contributed by atoms with E-state index in [1.807, 2.05) is 12.5 Å². The smallest absolute Gasteiger partial charge is 0.147 e. The van der Waals surface area contributed by atoms with Crippen LogP contribution >= 0.6 is 19.0 Å². The molecular weight excluding hydrogens is 407 g/mol. The summed E-state index contributed by atoms with van der Waals surface area (Å²) in [6, 6.07) is 39.5. The number of halogens is 1. The van der Waals surface area contributed by atoms with Crippen LogP contribution < -0.4 is 21.3 Å². The van der Waals surface area contributed by atoms with Gasteiger partial charge in [-0.1, -0.05) is 0 Å². The molecule has 0 saturated heterocycles. The fraction of sp³-hybridized carbons (Fsp3) is 0.0385. The third-order valence-electron chi connectivity index (χ3n) is 6.20. The molecule has 30 heavy (non-hydrogen) atoms. The third kappa shape index (κ3) is 2.72. The minimum Gasteiger partial charge on any atom is -0.147 e. The Bertz CT molecular complexity index is 1170. The van der Waals surface area contributed by atoms with Crippen molar-refractivity contribution in [3.8, 4) is 0 Å². The van der Waals surface area contributed by atoms with E-state index in [1.54, 1.807) is 0 Å². The number of rotatable bonds is 4. The van der Waals surface area contributed by atoms with Crippen molar-refractivity contribution in [3.63, 3.8) is 0 Å². The predicted molar refractivity (Wildman–Crippen MR) is 133 cm³/mol. The topological polar surface area (TPSA) is 17.3 Å². The molecule has 0 aliphatic heterocycles. The molecule has 0 aliphatic rings. The first-order valence-electron chi connectivity index (χ1n) is 9.83. The third-order valence-corrected chi connectivity index (χ3v) is 12.5. The molecule has 5 rings (SSSR count). The van der Waals surface area contributed by atoms with Crippen LogP contribution in [0.25, 0.3) is 5.52 Å². The van der Waals surface area contributed by atoms with Crippen molar-refractivity contribution in [2.24, 2.45) is 0 Å². The molecule has 0 fully saturated rings. The Balaban J connectivity index is 0.00000218. The SMILES string of the molecule is CP(c1ccccc1)(c1ccccc1)(c1ccccc1)c1cccc2cncn12.Cl. The molecule has 0 spiro atoms. The van der Waals surface area contributed by atoms with Gasteiger partial charge in [0.05, 0.1) is 0 Å². The summed E-state index contributed by atoms with van der Waals surface area (Å²) in [5, 5.41) is 4.03. The number of aromatic nitrogens is 2.